The van der Waals surface area contributed by atoms with Crippen molar-refractivity contribution < 1.29 is 17.9 Å². The number of rotatable bonds is 6. The van der Waals surface area contributed by atoms with Crippen LogP contribution in [0.5, 0.6) is 5.75 Å². The lowest BCUT2D eigenvalue weighted by atomic mass is 10.0. The minimum absolute atomic E-state index is 0.0481. The van der Waals surface area contributed by atoms with E-state index in [1.165, 1.54) is 4.68 Å². The zero-order chi connectivity index (χ0) is 29.4. The largest absolute Gasteiger partial charge is 0.489 e. The zero-order valence-electron chi connectivity index (χ0n) is 22.2. The van der Waals surface area contributed by atoms with Gasteiger partial charge in [0.05, 0.1) is 22.3 Å². The summed E-state index contributed by atoms with van der Waals surface area (Å²) in [6, 6.07) is 29.0. The zero-order valence-corrected chi connectivity index (χ0v) is 23.7. The molecule has 0 atom stereocenters. The highest BCUT2D eigenvalue weighted by Gasteiger charge is 2.36. The van der Waals surface area contributed by atoms with Crippen molar-refractivity contribution in [2.24, 2.45) is 0 Å². The number of aryl methyl sites for hydroxylation is 1. The van der Waals surface area contributed by atoms with Crippen molar-refractivity contribution in [3.63, 3.8) is 0 Å². The van der Waals surface area contributed by atoms with Crippen LogP contribution in [-0.2, 0) is 12.8 Å². The maximum Gasteiger partial charge on any atom is 0.417 e. The lowest BCUT2D eigenvalue weighted by molar-refractivity contribution is -0.136. The first-order chi connectivity index (χ1) is 20.2. The molecule has 2 aromatic heterocycles. The van der Waals surface area contributed by atoms with Crippen LogP contribution in [0.15, 0.2) is 103 Å². The van der Waals surface area contributed by atoms with E-state index in [2.05, 4.69) is 5.10 Å². The Kier molecular flexibility index (Phi) is 7.39. The molecule has 210 valence electrons. The first-order valence-corrected chi connectivity index (χ1v) is 13.7. The highest BCUT2D eigenvalue weighted by molar-refractivity contribution is 6.31. The summed E-state index contributed by atoms with van der Waals surface area (Å²) in [4.78, 5) is 4.71. The minimum atomic E-state index is -4.68. The molecule has 0 aliphatic rings. The van der Waals surface area contributed by atoms with Gasteiger partial charge in [-0.05, 0) is 78.7 Å². The van der Waals surface area contributed by atoms with Crippen molar-refractivity contribution >= 4 is 34.2 Å². The highest BCUT2D eigenvalue weighted by atomic mass is 35.5. The number of fused-ring (bicyclic) bond motifs is 1. The fraction of sp³-hybridized carbons (Fsp3) is 0.0909. The van der Waals surface area contributed by atoms with Gasteiger partial charge >= 0.3 is 6.18 Å². The number of alkyl halides is 3. The molecule has 42 heavy (non-hydrogen) atoms. The molecule has 0 radical (unpaired) electrons. The summed E-state index contributed by atoms with van der Waals surface area (Å²) in [5, 5.41) is 5.37. The molecule has 0 bridgehead atoms. The average Bonchev–Trinajstić information content (AvgIpc) is 3.36. The van der Waals surface area contributed by atoms with E-state index in [9.17, 15) is 13.2 Å². The maximum atomic E-state index is 14.7. The van der Waals surface area contributed by atoms with E-state index in [1.54, 1.807) is 72.8 Å². The van der Waals surface area contributed by atoms with Crippen molar-refractivity contribution in [2.75, 3.05) is 0 Å². The van der Waals surface area contributed by atoms with Crippen molar-refractivity contribution in [1.82, 2.24) is 14.8 Å². The van der Waals surface area contributed by atoms with E-state index in [1.807, 2.05) is 31.2 Å². The van der Waals surface area contributed by atoms with Crippen LogP contribution >= 0.6 is 23.2 Å². The monoisotopic (exact) mass is 603 g/mol. The van der Waals surface area contributed by atoms with Crippen LogP contribution in [0.4, 0.5) is 13.2 Å². The number of hydrogen-bond acceptors (Lipinski definition) is 3. The number of hydrogen-bond donors (Lipinski definition) is 0. The Hall–Kier alpha value is -4.33. The average molecular weight is 604 g/mol. The molecule has 0 saturated carbocycles. The van der Waals surface area contributed by atoms with Gasteiger partial charge in [0.25, 0.3) is 0 Å². The number of aromatic nitrogens is 3. The van der Waals surface area contributed by atoms with Crippen molar-refractivity contribution in [2.45, 2.75) is 19.7 Å². The fourth-order valence-electron chi connectivity index (χ4n) is 4.74. The van der Waals surface area contributed by atoms with E-state index in [0.717, 1.165) is 17.2 Å². The molecule has 4 nitrogen and oxygen atoms in total. The summed E-state index contributed by atoms with van der Waals surface area (Å²) in [6.45, 7) is 2.38. The summed E-state index contributed by atoms with van der Waals surface area (Å²) < 4.78 is 51.4. The quantitative estimate of drug-likeness (QED) is 0.190. The Balaban J connectivity index is 1.48. The Labute approximate surface area is 249 Å². The number of benzene rings is 4. The molecular formula is C33H22Cl2F3N3O. The van der Waals surface area contributed by atoms with Crippen molar-refractivity contribution in [1.29, 1.82) is 0 Å². The second-order valence-corrected chi connectivity index (χ2v) is 10.6. The predicted octanol–water partition coefficient (Wildman–Crippen LogP) is 9.97. The van der Waals surface area contributed by atoms with Gasteiger partial charge in [0.2, 0.25) is 0 Å². The third-order valence-electron chi connectivity index (χ3n) is 6.92. The summed E-state index contributed by atoms with van der Waals surface area (Å²) in [5.74, 6) is 0.591. The van der Waals surface area contributed by atoms with Crippen LogP contribution in [0, 0.1) is 6.92 Å². The predicted molar refractivity (Wildman–Crippen MR) is 160 cm³/mol. The standard InChI is InChI=1S/C33H22Cl2F3N3O/c1-20-5-2-3-6-23(20)19-42-27-15-11-21(12-16-27)29-18-28(33(36,37)38)30-31(22-9-13-24(34)14-10-22)40-41(32(30)39-29)26-8-4-7-25(35)17-26/h2-18H,19H2,1H3. The van der Waals surface area contributed by atoms with Gasteiger partial charge in [0.15, 0.2) is 5.65 Å². The molecule has 0 N–H and O–H groups in total. The molecular weight excluding hydrogens is 582 g/mol. The van der Waals surface area contributed by atoms with Gasteiger partial charge in [0.1, 0.15) is 18.1 Å². The molecule has 0 fully saturated rings. The Morgan fingerprint density at radius 2 is 1.50 bits per heavy atom. The van der Waals surface area contributed by atoms with Crippen LogP contribution in [0.3, 0.4) is 0 Å². The number of ether oxygens (including phenoxy) is 1. The third-order valence-corrected chi connectivity index (χ3v) is 7.41. The highest BCUT2D eigenvalue weighted by Crippen LogP contribution is 2.42. The van der Waals surface area contributed by atoms with Gasteiger partial charge in [-0.2, -0.15) is 18.3 Å². The molecule has 9 heteroatoms. The SMILES string of the molecule is Cc1ccccc1COc1ccc(-c2cc(C(F)(F)F)c3c(-c4ccc(Cl)cc4)nn(-c4cccc(Cl)c4)c3n2)cc1. The number of nitrogens with zero attached hydrogens (tertiary/aromatic N) is 3. The molecule has 2 heterocycles. The minimum Gasteiger partial charge on any atom is -0.489 e. The van der Waals surface area contributed by atoms with Gasteiger partial charge in [-0.1, -0.05) is 65.7 Å². The summed E-state index contributed by atoms with van der Waals surface area (Å²) >= 11 is 12.3. The maximum absolute atomic E-state index is 14.7. The van der Waals surface area contributed by atoms with Crippen LogP contribution < -0.4 is 4.74 Å². The number of pyridine rings is 1. The molecule has 0 aliphatic heterocycles. The normalized spacial score (nSPS) is 11.7. The van der Waals surface area contributed by atoms with Crippen molar-refractivity contribution in [3.05, 3.63) is 130 Å². The van der Waals surface area contributed by atoms with Gasteiger partial charge in [-0.25, -0.2) is 9.67 Å². The number of halogens is 5. The van der Waals surface area contributed by atoms with Crippen LogP contribution in [0.2, 0.25) is 10.0 Å². The van der Waals surface area contributed by atoms with Gasteiger partial charge < -0.3 is 4.74 Å². The van der Waals surface area contributed by atoms with E-state index in [0.29, 0.717) is 39.2 Å². The lowest BCUT2D eigenvalue weighted by Crippen LogP contribution is -2.08. The van der Waals surface area contributed by atoms with E-state index < -0.39 is 11.7 Å². The molecule has 0 saturated heterocycles. The molecule has 6 aromatic rings. The second-order valence-electron chi connectivity index (χ2n) is 9.74. The molecule has 6 rings (SSSR count). The molecule has 0 amide bonds. The lowest BCUT2D eigenvalue weighted by Gasteiger charge is -2.13. The Bertz CT molecular complexity index is 1900. The third kappa shape index (κ3) is 5.58. The summed E-state index contributed by atoms with van der Waals surface area (Å²) in [6.07, 6.45) is -4.68. The van der Waals surface area contributed by atoms with Gasteiger partial charge in [-0.15, -0.1) is 0 Å². The molecule has 4 aromatic carbocycles. The van der Waals surface area contributed by atoms with E-state index in [-0.39, 0.29) is 22.4 Å². The first-order valence-electron chi connectivity index (χ1n) is 13.0. The topological polar surface area (TPSA) is 39.9 Å². The van der Waals surface area contributed by atoms with Gasteiger partial charge in [-0.3, -0.25) is 0 Å². The molecule has 0 aliphatic carbocycles. The summed E-state index contributed by atoms with van der Waals surface area (Å²) in [7, 11) is 0. The van der Waals surface area contributed by atoms with Crippen LogP contribution in [-0.4, -0.2) is 14.8 Å². The van der Waals surface area contributed by atoms with E-state index in [4.69, 9.17) is 32.9 Å². The van der Waals surface area contributed by atoms with E-state index >= 15 is 0 Å². The molecule has 0 unspecified atom stereocenters. The Morgan fingerprint density at radius 3 is 2.19 bits per heavy atom. The van der Waals surface area contributed by atoms with Crippen LogP contribution in [0.25, 0.3) is 39.2 Å². The first kappa shape index (κ1) is 27.8. The van der Waals surface area contributed by atoms with Crippen LogP contribution in [0.1, 0.15) is 16.7 Å². The smallest absolute Gasteiger partial charge is 0.417 e. The van der Waals surface area contributed by atoms with Crippen molar-refractivity contribution in [3.8, 4) is 34.0 Å². The Morgan fingerprint density at radius 1 is 0.786 bits per heavy atom. The van der Waals surface area contributed by atoms with Gasteiger partial charge in [0, 0.05) is 21.2 Å². The summed E-state index contributed by atoms with van der Waals surface area (Å²) in [5.41, 5.74) is 3.09. The second kappa shape index (κ2) is 11.2. The molecule has 0 spiro atoms. The fourth-order valence-corrected chi connectivity index (χ4v) is 5.05.